The van der Waals surface area contributed by atoms with Gasteiger partial charge < -0.3 is 15.0 Å². The lowest BCUT2D eigenvalue weighted by Gasteiger charge is -2.11. The predicted molar refractivity (Wildman–Crippen MR) is 104 cm³/mol. The van der Waals surface area contributed by atoms with Crippen LogP contribution in [0.5, 0.6) is 0 Å². The summed E-state index contributed by atoms with van der Waals surface area (Å²) in [4.78, 5) is 13.6. The molecule has 0 radical (unpaired) electrons. The zero-order chi connectivity index (χ0) is 18.5. The van der Waals surface area contributed by atoms with Gasteiger partial charge in [-0.2, -0.15) is 5.26 Å². The second-order valence-corrected chi connectivity index (χ2v) is 5.99. The number of aromatic nitrogens is 2. The number of nitrogens with one attached hydrogen (secondary N) is 1. The number of hydrogen-bond acceptors (Lipinski definition) is 5. The van der Waals surface area contributed by atoms with E-state index in [0.717, 1.165) is 22.3 Å². The van der Waals surface area contributed by atoms with Gasteiger partial charge in [0, 0.05) is 26.0 Å². The highest BCUT2D eigenvalue weighted by Crippen LogP contribution is 2.18. The first-order valence-corrected chi connectivity index (χ1v) is 8.13. The fourth-order valence-corrected chi connectivity index (χ4v) is 2.50. The number of nitrogens with zero attached hydrogens (tertiary/aromatic N) is 4. The minimum atomic E-state index is -0.118. The van der Waals surface area contributed by atoms with E-state index in [1.54, 1.807) is 6.21 Å². The van der Waals surface area contributed by atoms with Gasteiger partial charge >= 0.3 is 0 Å². The molecule has 0 saturated heterocycles. The van der Waals surface area contributed by atoms with Gasteiger partial charge in [0.1, 0.15) is 17.4 Å². The number of H-pyrrole nitrogens is 1. The van der Waals surface area contributed by atoms with Crippen molar-refractivity contribution in [2.24, 2.45) is 4.99 Å². The van der Waals surface area contributed by atoms with Crippen molar-refractivity contribution in [1.29, 1.82) is 5.26 Å². The first-order valence-electron chi connectivity index (χ1n) is 8.13. The van der Waals surface area contributed by atoms with Crippen molar-refractivity contribution in [3.8, 4) is 6.07 Å². The maximum absolute atomic E-state index is 10.3. The third-order valence-corrected chi connectivity index (χ3v) is 3.92. The van der Waals surface area contributed by atoms with Crippen LogP contribution in [-0.2, 0) is 0 Å². The number of fused-ring (bicyclic) bond motifs is 1. The Bertz CT molecular complexity index is 974. The highest BCUT2D eigenvalue weighted by atomic mass is 16.3. The summed E-state index contributed by atoms with van der Waals surface area (Å²) in [5.74, 6) is 0.226. The highest BCUT2D eigenvalue weighted by Gasteiger charge is 2.12. The van der Waals surface area contributed by atoms with Crippen molar-refractivity contribution in [1.82, 2.24) is 9.97 Å². The van der Waals surface area contributed by atoms with E-state index in [9.17, 15) is 10.4 Å². The molecule has 2 aromatic carbocycles. The van der Waals surface area contributed by atoms with Gasteiger partial charge in [-0.3, -0.25) is 4.99 Å². The number of aliphatic imine (C=N–C) groups is 1. The van der Waals surface area contributed by atoms with Crippen molar-refractivity contribution in [2.75, 3.05) is 25.5 Å². The number of hydrogen-bond donors (Lipinski definition) is 2. The molecule has 0 aliphatic carbocycles. The summed E-state index contributed by atoms with van der Waals surface area (Å²) >= 11 is 0. The summed E-state index contributed by atoms with van der Waals surface area (Å²) in [7, 11) is 3.96. The predicted octanol–water partition coefficient (Wildman–Crippen LogP) is 3.54. The van der Waals surface area contributed by atoms with Gasteiger partial charge in [-0.1, -0.05) is 24.3 Å². The van der Waals surface area contributed by atoms with Gasteiger partial charge in [-0.05, 0) is 29.8 Å². The Labute approximate surface area is 151 Å². The summed E-state index contributed by atoms with van der Waals surface area (Å²) < 4.78 is 0. The van der Waals surface area contributed by atoms with Crippen LogP contribution in [0, 0.1) is 11.3 Å². The number of para-hydroxylation sites is 2. The summed E-state index contributed by atoms with van der Waals surface area (Å²) in [5.41, 5.74) is 3.67. The second kappa shape index (κ2) is 7.53. The van der Waals surface area contributed by atoms with E-state index in [1.807, 2.05) is 73.6 Å². The number of aromatic amines is 1. The Morgan fingerprint density at radius 2 is 1.96 bits per heavy atom. The third-order valence-electron chi connectivity index (χ3n) is 3.92. The lowest BCUT2D eigenvalue weighted by atomic mass is 10.2. The minimum Gasteiger partial charge on any atom is -0.509 e. The average molecular weight is 345 g/mol. The minimum absolute atomic E-state index is 0.00930. The van der Waals surface area contributed by atoms with Gasteiger partial charge in [0.25, 0.3) is 0 Å². The van der Waals surface area contributed by atoms with E-state index in [4.69, 9.17) is 0 Å². The van der Waals surface area contributed by atoms with Crippen LogP contribution in [0.3, 0.4) is 0 Å². The number of imidazole rings is 1. The number of benzene rings is 2. The summed E-state index contributed by atoms with van der Waals surface area (Å²) in [6.45, 7) is 0.00930. The molecule has 0 aliphatic rings. The maximum atomic E-state index is 10.3. The van der Waals surface area contributed by atoms with Crippen LogP contribution < -0.4 is 4.90 Å². The summed E-state index contributed by atoms with van der Waals surface area (Å²) in [5, 5.41) is 19.6. The Kier molecular flexibility index (Phi) is 4.99. The number of allylic oxidation sites excluding steroid dienone is 1. The van der Waals surface area contributed by atoms with Crippen LogP contribution in [0.1, 0.15) is 11.4 Å². The molecule has 0 unspecified atom stereocenters. The molecular weight excluding hydrogens is 326 g/mol. The van der Waals surface area contributed by atoms with Crippen LogP contribution in [-0.4, -0.2) is 41.9 Å². The van der Waals surface area contributed by atoms with Crippen LogP contribution in [0.4, 0.5) is 5.69 Å². The van der Waals surface area contributed by atoms with Crippen molar-refractivity contribution in [2.45, 2.75) is 0 Å². The molecular formula is C20H19N5O. The topological polar surface area (TPSA) is 88.3 Å². The monoisotopic (exact) mass is 345 g/mol. The maximum Gasteiger partial charge on any atom is 0.152 e. The van der Waals surface area contributed by atoms with Gasteiger partial charge in [-0.25, -0.2) is 4.98 Å². The number of aliphatic hydroxyl groups excluding tert-OH is 1. The van der Waals surface area contributed by atoms with E-state index in [2.05, 4.69) is 15.0 Å². The average Bonchev–Trinajstić information content (AvgIpc) is 3.06. The van der Waals surface area contributed by atoms with E-state index >= 15 is 0 Å². The Hall–Kier alpha value is -3.59. The Balaban J connectivity index is 1.77. The van der Waals surface area contributed by atoms with E-state index in [-0.39, 0.29) is 17.9 Å². The molecule has 0 spiro atoms. The molecule has 1 heterocycles. The molecule has 3 aromatic rings. The largest absolute Gasteiger partial charge is 0.509 e. The van der Waals surface area contributed by atoms with Crippen molar-refractivity contribution >= 4 is 28.5 Å². The van der Waals surface area contributed by atoms with Crippen molar-refractivity contribution in [3.63, 3.8) is 0 Å². The molecule has 0 saturated carbocycles. The highest BCUT2D eigenvalue weighted by molar-refractivity contribution is 5.83. The molecule has 6 heteroatoms. The number of aliphatic hydroxyl groups is 1. The smallest absolute Gasteiger partial charge is 0.152 e. The molecule has 0 amide bonds. The fourth-order valence-electron chi connectivity index (χ4n) is 2.50. The quantitative estimate of drug-likeness (QED) is 0.420. The van der Waals surface area contributed by atoms with Crippen molar-refractivity contribution in [3.05, 3.63) is 65.7 Å². The Morgan fingerprint density at radius 3 is 2.62 bits per heavy atom. The van der Waals surface area contributed by atoms with Crippen LogP contribution >= 0.6 is 0 Å². The van der Waals surface area contributed by atoms with Crippen LogP contribution in [0.15, 0.2) is 59.3 Å². The van der Waals surface area contributed by atoms with E-state index in [1.165, 1.54) is 0 Å². The normalized spacial score (nSPS) is 12.2. The summed E-state index contributed by atoms with van der Waals surface area (Å²) in [6.07, 6.45) is 1.67. The van der Waals surface area contributed by atoms with Gasteiger partial charge in [0.15, 0.2) is 5.82 Å². The van der Waals surface area contributed by atoms with Gasteiger partial charge in [0.2, 0.25) is 0 Å². The van der Waals surface area contributed by atoms with Crippen LogP contribution in [0.2, 0.25) is 0 Å². The molecule has 6 nitrogen and oxygen atoms in total. The molecule has 3 rings (SSSR count). The molecule has 1 aromatic heterocycles. The molecule has 0 aliphatic heterocycles. The zero-order valence-electron chi connectivity index (χ0n) is 14.6. The lowest BCUT2D eigenvalue weighted by molar-refractivity contribution is 0.407. The number of rotatable bonds is 5. The van der Waals surface area contributed by atoms with E-state index < -0.39 is 0 Å². The standard InChI is InChI=1S/C20H19N5O/c1-25(2)15-9-7-14(8-10-15)12-22-13-19(26)16(11-21)20-23-17-5-3-4-6-18(17)24-20/h3-10,12,26H,13H2,1-2H3,(H,23,24)/b19-16-,22-12?. The molecule has 0 bridgehead atoms. The van der Waals surface area contributed by atoms with Crippen LogP contribution in [0.25, 0.3) is 16.6 Å². The number of anilines is 1. The Morgan fingerprint density at radius 1 is 1.23 bits per heavy atom. The van der Waals surface area contributed by atoms with Gasteiger partial charge in [0.05, 0.1) is 17.6 Å². The molecule has 130 valence electrons. The number of nitriles is 1. The van der Waals surface area contributed by atoms with E-state index in [0.29, 0.717) is 5.82 Å². The second-order valence-electron chi connectivity index (χ2n) is 5.99. The van der Waals surface area contributed by atoms with Gasteiger partial charge in [-0.15, -0.1) is 0 Å². The zero-order valence-corrected chi connectivity index (χ0v) is 14.6. The fraction of sp³-hybridized carbons (Fsp3) is 0.150. The SMILES string of the molecule is CN(C)c1ccc(C=NC/C(O)=C(\C#N)c2nc3ccccc3[nH]2)cc1. The summed E-state index contributed by atoms with van der Waals surface area (Å²) in [6, 6.07) is 17.3. The first kappa shape index (κ1) is 17.2. The molecule has 0 atom stereocenters. The third kappa shape index (κ3) is 3.73. The van der Waals surface area contributed by atoms with Crippen molar-refractivity contribution < 1.29 is 5.11 Å². The molecule has 26 heavy (non-hydrogen) atoms. The molecule has 2 N–H and O–H groups in total. The molecule has 0 fully saturated rings. The lowest BCUT2D eigenvalue weighted by Crippen LogP contribution is -2.08. The first-order chi connectivity index (χ1) is 12.6.